The first-order valence-corrected chi connectivity index (χ1v) is 51.6. The van der Waals surface area contributed by atoms with E-state index in [4.69, 9.17) is 0 Å². The molecule has 0 amide bonds. The molecule has 6 heterocycles. The van der Waals surface area contributed by atoms with Crippen LogP contribution in [0.2, 0.25) is 0 Å². The average Bonchev–Trinajstić information content (AvgIpc) is 1.57. The van der Waals surface area contributed by atoms with Crippen molar-refractivity contribution >= 4 is 131 Å². The molecule has 0 aliphatic carbocycles. The molecule has 0 unspecified atom stereocenters. The molecule has 0 saturated carbocycles. The fraction of sp³-hybridized carbons (Fsp3) is 0. The van der Waals surface area contributed by atoms with E-state index in [2.05, 4.69) is 610 Å². The van der Waals surface area contributed by atoms with E-state index in [0.717, 1.165) is 28.4 Å². The lowest BCUT2D eigenvalue weighted by molar-refractivity contribution is 1.18. The largest absolute Gasteiger partial charge is 0.309 e. The Bertz CT molecular complexity index is 10200. The molecule has 6 heteroatoms. The molecule has 0 spiro atoms. The van der Waals surface area contributed by atoms with Gasteiger partial charge in [-0.3, -0.25) is 0 Å². The summed E-state index contributed by atoms with van der Waals surface area (Å²) >= 11 is 0. The van der Waals surface area contributed by atoms with Gasteiger partial charge >= 0.3 is 0 Å². The molecule has 0 aliphatic heterocycles. The Kier molecular flexibility index (Phi) is 21.9. The van der Waals surface area contributed by atoms with Gasteiger partial charge in [-0.15, -0.1) is 0 Å². The molecule has 150 heavy (non-hydrogen) atoms. The molecule has 0 atom stereocenters. The van der Waals surface area contributed by atoms with Crippen LogP contribution in [-0.4, -0.2) is 27.4 Å². The number of para-hydroxylation sites is 10. The second-order valence-corrected chi connectivity index (χ2v) is 38.8. The minimum Gasteiger partial charge on any atom is -0.309 e. The molecule has 0 fully saturated rings. The van der Waals surface area contributed by atoms with Crippen molar-refractivity contribution in [2.45, 2.75) is 0 Å². The highest BCUT2D eigenvalue weighted by molar-refractivity contribution is 6.21. The predicted octanol–water partition coefficient (Wildman–Crippen LogP) is 38.6. The zero-order valence-corrected chi connectivity index (χ0v) is 82.1. The number of aromatic nitrogens is 6. The van der Waals surface area contributed by atoms with Crippen LogP contribution in [-0.2, 0) is 0 Å². The SMILES string of the molecule is c1ccc(-c2cc(-c3ccccc3)cc(-n3c4ccccc4c4c(-c5cccc(-n6c7ccccc7c7ccccc76)c5)cccc43)c2)cc1.c1ccc(-c2ccc(-n3c4ccccc4c4c(-c5cccc(-n6c7ccccc7c7ccccc76)c5)cccc43)cc2-c2ccccc2)cc1.c1ccc(-c2cccc(-c3ccccc3)c2-n2c3ccccc3c3c(-c4cccc(-n5c6ccccc6c6ccccc65)c4)cccc32)cc1. The third-order valence-corrected chi connectivity index (χ3v) is 30.3. The summed E-state index contributed by atoms with van der Waals surface area (Å²) in [5, 5.41) is 15.1. The van der Waals surface area contributed by atoms with E-state index < -0.39 is 0 Å². The molecular formula is C144H96N6. The Morgan fingerprint density at radius 2 is 0.300 bits per heavy atom. The summed E-state index contributed by atoms with van der Waals surface area (Å²) in [6.07, 6.45) is 0. The van der Waals surface area contributed by atoms with Crippen molar-refractivity contribution in [2.75, 3.05) is 0 Å². The molecule has 0 saturated heterocycles. The van der Waals surface area contributed by atoms with Gasteiger partial charge in [-0.05, 0) is 229 Å². The lowest BCUT2D eigenvalue weighted by Gasteiger charge is -2.19. The molecule has 702 valence electrons. The van der Waals surface area contributed by atoms with Gasteiger partial charge in [-0.25, -0.2) is 0 Å². The highest BCUT2D eigenvalue weighted by Crippen LogP contribution is 2.50. The fourth-order valence-electron chi connectivity index (χ4n) is 23.8. The summed E-state index contributed by atoms with van der Waals surface area (Å²) < 4.78 is 14.6. The van der Waals surface area contributed by atoms with Gasteiger partial charge in [0.1, 0.15) is 0 Å². The third kappa shape index (κ3) is 15.1. The molecule has 30 rings (SSSR count). The second-order valence-electron chi connectivity index (χ2n) is 38.8. The van der Waals surface area contributed by atoms with Crippen LogP contribution in [0.15, 0.2) is 582 Å². The maximum Gasteiger partial charge on any atom is 0.0618 e. The molecule has 0 aliphatic rings. The van der Waals surface area contributed by atoms with Crippen molar-refractivity contribution in [1.29, 1.82) is 0 Å². The van der Waals surface area contributed by atoms with Crippen LogP contribution in [0.3, 0.4) is 0 Å². The molecule has 30 aromatic rings. The lowest BCUT2D eigenvalue weighted by atomic mass is 9.94. The van der Waals surface area contributed by atoms with Crippen LogP contribution >= 0.6 is 0 Å². The van der Waals surface area contributed by atoms with E-state index in [9.17, 15) is 0 Å². The Balaban J connectivity index is 0.000000108. The van der Waals surface area contributed by atoms with Crippen molar-refractivity contribution < 1.29 is 0 Å². The summed E-state index contributed by atoms with van der Waals surface area (Å²) in [6.45, 7) is 0. The van der Waals surface area contributed by atoms with Crippen molar-refractivity contribution in [2.24, 2.45) is 0 Å². The predicted molar refractivity (Wildman–Crippen MR) is 634 cm³/mol. The van der Waals surface area contributed by atoms with Gasteiger partial charge in [0.2, 0.25) is 0 Å². The Morgan fingerprint density at radius 1 is 0.0933 bits per heavy atom. The van der Waals surface area contributed by atoms with E-state index in [0.29, 0.717) is 0 Å². The van der Waals surface area contributed by atoms with Crippen molar-refractivity contribution in [3.8, 4) is 134 Å². The van der Waals surface area contributed by atoms with Crippen molar-refractivity contribution in [3.05, 3.63) is 582 Å². The van der Waals surface area contributed by atoms with Gasteiger partial charge in [-0.2, -0.15) is 0 Å². The third-order valence-electron chi connectivity index (χ3n) is 30.3. The van der Waals surface area contributed by atoms with Crippen LogP contribution in [0.1, 0.15) is 0 Å². The number of nitrogens with zero attached hydrogens (tertiary/aromatic N) is 6. The molecule has 0 bridgehead atoms. The zero-order valence-electron chi connectivity index (χ0n) is 82.1. The summed E-state index contributed by atoms with van der Waals surface area (Å²) in [4.78, 5) is 0. The van der Waals surface area contributed by atoms with E-state index in [1.54, 1.807) is 0 Å². The van der Waals surface area contributed by atoms with Crippen LogP contribution in [0, 0.1) is 0 Å². The molecule has 0 radical (unpaired) electrons. The highest BCUT2D eigenvalue weighted by atomic mass is 15.0. The van der Waals surface area contributed by atoms with Gasteiger partial charge in [0.25, 0.3) is 0 Å². The number of benzene rings is 24. The molecular weight excluding hydrogens is 1810 g/mol. The Labute approximate surface area is 868 Å². The number of fused-ring (bicyclic) bond motifs is 18. The van der Waals surface area contributed by atoms with E-state index in [-0.39, 0.29) is 0 Å². The van der Waals surface area contributed by atoms with Gasteiger partial charge < -0.3 is 27.4 Å². The fourth-order valence-corrected chi connectivity index (χ4v) is 23.8. The summed E-state index contributed by atoms with van der Waals surface area (Å²) in [5.74, 6) is 0. The van der Waals surface area contributed by atoms with Gasteiger partial charge in [0, 0.05) is 104 Å². The van der Waals surface area contributed by atoms with Crippen LogP contribution in [0.4, 0.5) is 0 Å². The molecule has 24 aromatic carbocycles. The first-order valence-electron chi connectivity index (χ1n) is 51.6. The summed E-state index contributed by atoms with van der Waals surface area (Å²) in [6, 6.07) is 211. The second kappa shape index (κ2) is 37.4. The summed E-state index contributed by atoms with van der Waals surface area (Å²) in [7, 11) is 0. The van der Waals surface area contributed by atoms with Gasteiger partial charge in [0.05, 0.1) is 71.9 Å². The molecule has 6 nitrogen and oxygen atoms in total. The topological polar surface area (TPSA) is 29.6 Å². The number of rotatable bonds is 15. The molecule has 0 N–H and O–H groups in total. The van der Waals surface area contributed by atoms with Crippen molar-refractivity contribution in [1.82, 2.24) is 27.4 Å². The lowest BCUT2D eigenvalue weighted by Crippen LogP contribution is -2.00. The molecule has 6 aromatic heterocycles. The quantitative estimate of drug-likeness (QED) is 0.0979. The van der Waals surface area contributed by atoms with Crippen molar-refractivity contribution in [3.63, 3.8) is 0 Å². The first kappa shape index (κ1) is 87.8. The average molecular weight is 1910 g/mol. The standard InChI is InChI=1S/3C48H32N2/c1-3-16-33(17-4-1)38-26-14-27-39(34-18-5-2-6-19-34)48(38)50-45-30-12-9-24-42(45)47-37(25-15-31-46(47)50)35-20-13-21-36(32-35)49-43-28-10-7-22-40(43)41-23-8-11-29-44(41)49;1-3-15-33(16-4-1)36-29-37(34-17-5-2-6-18-34)32-39(31-36)50-46-27-12-9-23-43(46)48-40(24-14-28-47(48)50)35-19-13-20-38(30-35)49-44-25-10-7-21-41(44)42-22-8-11-26-45(42)49;1-3-15-33(16-4-1)38-30-29-37(32-43(38)34-17-5-2-6-18-34)50-46-27-12-9-23-42(46)48-39(24-14-28-47(48)50)35-19-13-20-36(31-35)49-44-25-10-7-21-40(44)41-22-8-11-26-45(41)49/h3*1-32H. The normalized spacial score (nSPS) is 11.6. The Morgan fingerprint density at radius 3 is 0.627 bits per heavy atom. The smallest absolute Gasteiger partial charge is 0.0618 e. The van der Waals surface area contributed by atoms with Gasteiger partial charge in [0.15, 0.2) is 0 Å². The van der Waals surface area contributed by atoms with E-state index in [1.165, 1.54) is 237 Å². The van der Waals surface area contributed by atoms with E-state index >= 15 is 0 Å². The summed E-state index contributed by atoms with van der Waals surface area (Å²) in [5.41, 5.74) is 43.1. The number of hydrogen-bond donors (Lipinski definition) is 0. The number of hydrogen-bond acceptors (Lipinski definition) is 0. The first-order chi connectivity index (χ1) is 74.5. The minimum absolute atomic E-state index is 1.14. The van der Waals surface area contributed by atoms with Gasteiger partial charge in [-0.1, -0.05) is 443 Å². The van der Waals surface area contributed by atoms with Crippen LogP contribution in [0.5, 0.6) is 0 Å². The maximum absolute atomic E-state index is 2.50. The van der Waals surface area contributed by atoms with Crippen LogP contribution < -0.4 is 0 Å². The Hall–Kier alpha value is -19.9. The maximum atomic E-state index is 2.50. The zero-order chi connectivity index (χ0) is 99.1. The van der Waals surface area contributed by atoms with E-state index in [1.807, 2.05) is 0 Å². The monoisotopic (exact) mass is 1910 g/mol. The minimum atomic E-state index is 1.14. The highest BCUT2D eigenvalue weighted by Gasteiger charge is 2.27. The van der Waals surface area contributed by atoms with Crippen LogP contribution in [0.25, 0.3) is 265 Å².